The van der Waals surface area contributed by atoms with Crippen LogP contribution < -0.4 is 20.9 Å². The van der Waals surface area contributed by atoms with Crippen LogP contribution in [0, 0.1) is 5.82 Å². The molecule has 0 aliphatic rings. The Balaban J connectivity index is 1.62. The van der Waals surface area contributed by atoms with E-state index in [-0.39, 0.29) is 11.8 Å². The normalized spacial score (nSPS) is 12.9. The molecule has 1 aromatic carbocycles. The van der Waals surface area contributed by atoms with Crippen LogP contribution in [-0.2, 0) is 4.79 Å². The SMILES string of the molecule is COc1cc(F)cc(C(CO)NC(=O)C(C)n2ccn3cc(-c4nc(NC(C)C)ncc4Cl)cc3c2=O)c1. The molecule has 200 valence electrons. The third-order valence-electron chi connectivity index (χ3n) is 5.95. The van der Waals surface area contributed by atoms with Crippen LogP contribution in [0.15, 0.2) is 53.8 Å². The van der Waals surface area contributed by atoms with Crippen molar-refractivity contribution < 1.29 is 19.0 Å². The average Bonchev–Trinajstić information content (AvgIpc) is 3.32. The predicted molar refractivity (Wildman–Crippen MR) is 142 cm³/mol. The van der Waals surface area contributed by atoms with Gasteiger partial charge in [0, 0.05) is 36.3 Å². The highest BCUT2D eigenvalue weighted by molar-refractivity contribution is 6.32. The summed E-state index contributed by atoms with van der Waals surface area (Å²) in [5, 5.41) is 16.0. The number of carbonyl (C=O) groups is 1. The van der Waals surface area contributed by atoms with Crippen LogP contribution >= 0.6 is 11.6 Å². The van der Waals surface area contributed by atoms with Gasteiger partial charge in [-0.05, 0) is 44.5 Å². The maximum atomic E-state index is 14.0. The van der Waals surface area contributed by atoms with Crippen LogP contribution in [0.2, 0.25) is 5.02 Å². The second kappa shape index (κ2) is 11.2. The zero-order valence-electron chi connectivity index (χ0n) is 21.3. The summed E-state index contributed by atoms with van der Waals surface area (Å²) in [7, 11) is 1.39. The van der Waals surface area contributed by atoms with Crippen molar-refractivity contribution in [2.75, 3.05) is 19.0 Å². The van der Waals surface area contributed by atoms with Gasteiger partial charge in [-0.1, -0.05) is 11.6 Å². The molecule has 0 bridgehead atoms. The minimum absolute atomic E-state index is 0.116. The van der Waals surface area contributed by atoms with Gasteiger partial charge in [-0.15, -0.1) is 0 Å². The van der Waals surface area contributed by atoms with Crippen molar-refractivity contribution in [2.45, 2.75) is 38.9 Å². The van der Waals surface area contributed by atoms with Gasteiger partial charge in [0.15, 0.2) is 0 Å². The molecule has 0 saturated heterocycles. The number of aromatic nitrogens is 4. The number of rotatable bonds is 9. The zero-order valence-corrected chi connectivity index (χ0v) is 22.0. The number of aliphatic hydroxyl groups is 1. The van der Waals surface area contributed by atoms with Crippen LogP contribution in [-0.4, -0.2) is 49.7 Å². The highest BCUT2D eigenvalue weighted by Crippen LogP contribution is 2.28. The minimum Gasteiger partial charge on any atom is -0.497 e. The summed E-state index contributed by atoms with van der Waals surface area (Å²) in [5.41, 5.74) is 1.29. The molecule has 0 aliphatic carbocycles. The van der Waals surface area contributed by atoms with E-state index in [4.69, 9.17) is 16.3 Å². The van der Waals surface area contributed by atoms with Crippen LogP contribution in [0.4, 0.5) is 10.3 Å². The fraction of sp³-hybridized carbons (Fsp3) is 0.308. The van der Waals surface area contributed by atoms with Gasteiger partial charge in [0.1, 0.15) is 23.1 Å². The molecule has 0 radical (unpaired) electrons. The zero-order chi connectivity index (χ0) is 27.6. The first-order valence-electron chi connectivity index (χ1n) is 11.9. The molecule has 3 N–H and O–H groups in total. The first-order valence-corrected chi connectivity index (χ1v) is 12.3. The number of amides is 1. The highest BCUT2D eigenvalue weighted by Gasteiger charge is 2.23. The molecular formula is C26H28ClFN6O4. The number of methoxy groups -OCH3 is 1. The number of nitrogens with one attached hydrogen (secondary N) is 2. The molecule has 2 unspecified atom stereocenters. The number of halogens is 2. The summed E-state index contributed by atoms with van der Waals surface area (Å²) in [4.78, 5) is 35.1. The minimum atomic E-state index is -0.931. The van der Waals surface area contributed by atoms with Gasteiger partial charge < -0.3 is 29.4 Å². The van der Waals surface area contributed by atoms with Gasteiger partial charge in [0.2, 0.25) is 11.9 Å². The van der Waals surface area contributed by atoms with Crippen molar-refractivity contribution in [3.63, 3.8) is 0 Å². The van der Waals surface area contributed by atoms with Gasteiger partial charge in [-0.25, -0.2) is 14.4 Å². The summed E-state index contributed by atoms with van der Waals surface area (Å²) < 4.78 is 21.9. The van der Waals surface area contributed by atoms with Crippen LogP contribution in [0.3, 0.4) is 0 Å². The van der Waals surface area contributed by atoms with Crippen molar-refractivity contribution in [1.29, 1.82) is 0 Å². The number of fused-ring (bicyclic) bond motifs is 1. The van der Waals surface area contributed by atoms with Crippen LogP contribution in [0.5, 0.6) is 5.75 Å². The van der Waals surface area contributed by atoms with Crippen molar-refractivity contribution in [3.8, 4) is 17.0 Å². The lowest BCUT2D eigenvalue weighted by molar-refractivity contribution is -0.125. The average molecular weight is 543 g/mol. The maximum Gasteiger partial charge on any atom is 0.275 e. The van der Waals surface area contributed by atoms with E-state index in [9.17, 15) is 19.1 Å². The fourth-order valence-electron chi connectivity index (χ4n) is 4.01. The van der Waals surface area contributed by atoms with Crippen molar-refractivity contribution >= 4 is 29.0 Å². The number of benzene rings is 1. The molecule has 38 heavy (non-hydrogen) atoms. The monoisotopic (exact) mass is 542 g/mol. The van der Waals surface area contributed by atoms with Crippen LogP contribution in [0.1, 0.15) is 38.4 Å². The molecule has 4 rings (SSSR count). The van der Waals surface area contributed by atoms with Gasteiger partial charge >= 0.3 is 0 Å². The Labute approximate surface area is 223 Å². The maximum absolute atomic E-state index is 14.0. The predicted octanol–water partition coefficient (Wildman–Crippen LogP) is 3.59. The summed E-state index contributed by atoms with van der Waals surface area (Å²) in [6.07, 6.45) is 6.36. The summed E-state index contributed by atoms with van der Waals surface area (Å²) in [6.45, 7) is 5.00. The lowest BCUT2D eigenvalue weighted by Crippen LogP contribution is -2.39. The molecule has 0 fully saturated rings. The van der Waals surface area contributed by atoms with E-state index in [1.807, 2.05) is 13.8 Å². The Morgan fingerprint density at radius 3 is 2.66 bits per heavy atom. The van der Waals surface area contributed by atoms with E-state index in [0.29, 0.717) is 33.3 Å². The highest BCUT2D eigenvalue weighted by atomic mass is 35.5. The fourth-order valence-corrected chi connectivity index (χ4v) is 4.21. The first kappa shape index (κ1) is 27.1. The summed E-state index contributed by atoms with van der Waals surface area (Å²) in [5.74, 6) is -0.440. The number of ether oxygens (including phenoxy) is 1. The Bertz CT molecular complexity index is 1540. The lowest BCUT2D eigenvalue weighted by Gasteiger charge is -2.21. The molecule has 12 heteroatoms. The molecule has 0 saturated carbocycles. The summed E-state index contributed by atoms with van der Waals surface area (Å²) >= 11 is 6.35. The van der Waals surface area contributed by atoms with E-state index >= 15 is 0 Å². The third kappa shape index (κ3) is 5.63. The molecule has 3 aromatic heterocycles. The first-order chi connectivity index (χ1) is 18.1. The third-order valence-corrected chi connectivity index (χ3v) is 6.23. The number of hydrogen-bond acceptors (Lipinski definition) is 7. The van der Waals surface area contributed by atoms with E-state index in [1.165, 1.54) is 42.3 Å². The van der Waals surface area contributed by atoms with Crippen molar-refractivity contribution in [1.82, 2.24) is 24.3 Å². The Hall–Kier alpha value is -3.96. The van der Waals surface area contributed by atoms with E-state index in [0.717, 1.165) is 0 Å². The molecule has 4 aromatic rings. The summed E-state index contributed by atoms with van der Waals surface area (Å²) in [6, 6.07) is 3.85. The number of nitrogens with zero attached hydrogens (tertiary/aromatic N) is 4. The van der Waals surface area contributed by atoms with Gasteiger partial charge in [-0.3, -0.25) is 9.59 Å². The number of carbonyl (C=O) groups excluding carboxylic acids is 1. The smallest absolute Gasteiger partial charge is 0.275 e. The van der Waals surface area contributed by atoms with Gasteiger partial charge in [0.25, 0.3) is 5.56 Å². The second-order valence-electron chi connectivity index (χ2n) is 9.07. The topological polar surface area (TPSA) is 123 Å². The largest absolute Gasteiger partial charge is 0.497 e. The van der Waals surface area contributed by atoms with Crippen molar-refractivity contribution in [2.24, 2.45) is 0 Å². The van der Waals surface area contributed by atoms with Gasteiger partial charge in [-0.2, -0.15) is 0 Å². The molecule has 0 aliphatic heterocycles. The lowest BCUT2D eigenvalue weighted by atomic mass is 10.1. The molecule has 10 nitrogen and oxygen atoms in total. The quantitative estimate of drug-likeness (QED) is 0.295. The molecule has 1 amide bonds. The van der Waals surface area contributed by atoms with E-state index in [1.54, 1.807) is 29.8 Å². The molecule has 0 spiro atoms. The molecule has 2 atom stereocenters. The van der Waals surface area contributed by atoms with Crippen LogP contribution in [0.25, 0.3) is 16.8 Å². The molecular weight excluding hydrogens is 515 g/mol. The Morgan fingerprint density at radius 2 is 1.97 bits per heavy atom. The van der Waals surface area contributed by atoms with Gasteiger partial charge in [0.05, 0.1) is 36.7 Å². The standard InChI is InChI=1S/C26H28ClFN6O4/c1-14(2)30-26-29-11-20(27)23(32-26)17-9-22-25(37)34(6-5-33(22)12-17)15(3)24(36)31-21(13-35)16-7-18(28)10-19(8-16)38-4/h5-12,14-15,21,35H,13H2,1-4H3,(H,31,36)(H,29,30,32). The number of hydrogen-bond donors (Lipinski definition) is 3. The number of anilines is 1. The number of aliphatic hydroxyl groups excluding tert-OH is 1. The Kier molecular flexibility index (Phi) is 7.98. The Morgan fingerprint density at radius 1 is 1.21 bits per heavy atom. The van der Waals surface area contributed by atoms with E-state index in [2.05, 4.69) is 20.6 Å². The van der Waals surface area contributed by atoms with E-state index < -0.39 is 36.0 Å². The second-order valence-corrected chi connectivity index (χ2v) is 9.47. The molecule has 3 heterocycles. The van der Waals surface area contributed by atoms with Crippen molar-refractivity contribution in [3.05, 3.63) is 75.8 Å².